The van der Waals surface area contributed by atoms with Gasteiger partial charge in [-0.1, -0.05) is 17.7 Å². The molecule has 0 saturated carbocycles. The van der Waals surface area contributed by atoms with Gasteiger partial charge in [0.15, 0.2) is 5.96 Å². The zero-order chi connectivity index (χ0) is 20.8. The second kappa shape index (κ2) is 11.6. The number of hydrogen-bond acceptors (Lipinski definition) is 4. The van der Waals surface area contributed by atoms with Gasteiger partial charge in [-0.05, 0) is 43.7 Å². The van der Waals surface area contributed by atoms with E-state index >= 15 is 0 Å². The zero-order valence-electron chi connectivity index (χ0n) is 16.6. The third kappa shape index (κ3) is 6.40. The summed E-state index contributed by atoms with van der Waals surface area (Å²) in [5, 5.41) is 16.5. The lowest BCUT2D eigenvalue weighted by molar-refractivity contribution is 0.184. The average molecular weight is 564 g/mol. The summed E-state index contributed by atoms with van der Waals surface area (Å²) >= 11 is 7.26. The number of nitrogens with one attached hydrogen (secondary N) is 2. The van der Waals surface area contributed by atoms with Gasteiger partial charge in [-0.2, -0.15) is 0 Å². The van der Waals surface area contributed by atoms with Gasteiger partial charge in [0.2, 0.25) is 0 Å². The van der Waals surface area contributed by atoms with E-state index in [4.69, 9.17) is 11.6 Å². The predicted molar refractivity (Wildman–Crippen MR) is 131 cm³/mol. The summed E-state index contributed by atoms with van der Waals surface area (Å²) in [6.45, 7) is 5.03. The first-order valence-electron chi connectivity index (χ1n) is 9.22. The fourth-order valence-electron chi connectivity index (χ4n) is 2.79. The summed E-state index contributed by atoms with van der Waals surface area (Å²) < 4.78 is 16.9. The average Bonchev–Trinajstić information content (AvgIpc) is 3.32. The van der Waals surface area contributed by atoms with E-state index in [0.29, 0.717) is 29.1 Å². The standard InChI is InChI=1S/C20H23ClFN5OS.HI/c1-3-23-20(26-12-17(28)18-6-7-19(21)29-18)25-11-14-4-5-16(15(22)10-14)27-9-8-24-13(27)2;/h4-10,17,28H,3,11-12H2,1-2H3,(H2,23,25,26);1H. The minimum Gasteiger partial charge on any atom is -0.386 e. The molecule has 0 fully saturated rings. The molecule has 2 aromatic heterocycles. The largest absolute Gasteiger partial charge is 0.386 e. The molecule has 0 amide bonds. The molecule has 3 aromatic rings. The highest BCUT2D eigenvalue weighted by Gasteiger charge is 2.11. The van der Waals surface area contributed by atoms with Crippen LogP contribution in [0.3, 0.4) is 0 Å². The van der Waals surface area contributed by atoms with Gasteiger partial charge < -0.3 is 20.3 Å². The van der Waals surface area contributed by atoms with Crippen LogP contribution in [0.2, 0.25) is 4.34 Å². The molecule has 0 saturated heterocycles. The van der Waals surface area contributed by atoms with Gasteiger partial charge >= 0.3 is 0 Å². The van der Waals surface area contributed by atoms with Crippen molar-refractivity contribution in [1.82, 2.24) is 20.2 Å². The van der Waals surface area contributed by atoms with Gasteiger partial charge in [-0.25, -0.2) is 14.4 Å². The maximum absolute atomic E-state index is 14.5. The summed E-state index contributed by atoms with van der Waals surface area (Å²) in [4.78, 5) is 9.39. The number of thiophene rings is 1. The van der Waals surface area contributed by atoms with Crippen LogP contribution in [0, 0.1) is 12.7 Å². The van der Waals surface area contributed by atoms with Gasteiger partial charge in [0.25, 0.3) is 0 Å². The summed E-state index contributed by atoms with van der Waals surface area (Å²) in [6, 6.07) is 8.60. The molecule has 0 spiro atoms. The number of guanidine groups is 1. The summed E-state index contributed by atoms with van der Waals surface area (Å²) in [5.74, 6) is 0.935. The molecule has 6 nitrogen and oxygen atoms in total. The van der Waals surface area contributed by atoms with Crippen LogP contribution in [-0.4, -0.2) is 33.7 Å². The van der Waals surface area contributed by atoms with Crippen molar-refractivity contribution >= 4 is 52.9 Å². The molecule has 2 heterocycles. The number of halogens is 3. The molecule has 10 heteroatoms. The van der Waals surface area contributed by atoms with E-state index in [1.54, 1.807) is 35.2 Å². The molecular formula is C20H24ClFIN5OS. The van der Waals surface area contributed by atoms with Crippen LogP contribution in [0.5, 0.6) is 0 Å². The highest BCUT2D eigenvalue weighted by molar-refractivity contribution is 14.0. The van der Waals surface area contributed by atoms with Crippen LogP contribution in [0.15, 0.2) is 47.7 Å². The van der Waals surface area contributed by atoms with Gasteiger partial charge in [0.1, 0.15) is 17.7 Å². The van der Waals surface area contributed by atoms with Crippen molar-refractivity contribution in [3.05, 3.63) is 69.1 Å². The Labute approximate surface area is 201 Å². The second-order valence-electron chi connectivity index (χ2n) is 6.36. The number of nitrogens with zero attached hydrogens (tertiary/aromatic N) is 3. The molecule has 0 aliphatic carbocycles. The lowest BCUT2D eigenvalue weighted by atomic mass is 10.2. The van der Waals surface area contributed by atoms with Crippen LogP contribution >= 0.6 is 46.9 Å². The smallest absolute Gasteiger partial charge is 0.191 e. The Hall–Kier alpha value is -1.69. The number of aliphatic hydroxyl groups excluding tert-OH is 1. The number of imidazole rings is 1. The highest BCUT2D eigenvalue weighted by Crippen LogP contribution is 2.26. The molecule has 1 atom stereocenters. The molecule has 0 radical (unpaired) electrons. The van der Waals surface area contributed by atoms with Gasteiger partial charge in [0.05, 0.1) is 16.6 Å². The lowest BCUT2D eigenvalue weighted by Crippen LogP contribution is -2.39. The molecule has 30 heavy (non-hydrogen) atoms. The molecule has 162 valence electrons. The van der Waals surface area contributed by atoms with Crippen molar-refractivity contribution in [2.24, 2.45) is 4.99 Å². The monoisotopic (exact) mass is 563 g/mol. The normalized spacial score (nSPS) is 12.4. The van der Waals surface area contributed by atoms with Gasteiger partial charge in [-0.3, -0.25) is 0 Å². The molecule has 3 N–H and O–H groups in total. The number of aromatic nitrogens is 2. The Morgan fingerprint density at radius 2 is 2.13 bits per heavy atom. The quantitative estimate of drug-likeness (QED) is 0.226. The van der Waals surface area contributed by atoms with E-state index in [-0.39, 0.29) is 36.3 Å². The van der Waals surface area contributed by atoms with E-state index < -0.39 is 6.10 Å². The molecular weight excluding hydrogens is 540 g/mol. The number of aliphatic hydroxyl groups is 1. The zero-order valence-corrected chi connectivity index (χ0v) is 20.5. The van der Waals surface area contributed by atoms with E-state index in [1.807, 2.05) is 19.9 Å². The van der Waals surface area contributed by atoms with Crippen molar-refractivity contribution in [2.45, 2.75) is 26.5 Å². The first-order chi connectivity index (χ1) is 14.0. The first-order valence-corrected chi connectivity index (χ1v) is 10.4. The second-order valence-corrected chi connectivity index (χ2v) is 8.11. The minimum atomic E-state index is -0.688. The van der Waals surface area contributed by atoms with E-state index in [9.17, 15) is 9.50 Å². The van der Waals surface area contributed by atoms with Crippen molar-refractivity contribution in [3.63, 3.8) is 0 Å². The van der Waals surface area contributed by atoms with Crippen LogP contribution in [0.25, 0.3) is 5.69 Å². The fourth-order valence-corrected chi connectivity index (χ4v) is 3.84. The van der Waals surface area contributed by atoms with Gasteiger partial charge in [-0.15, -0.1) is 35.3 Å². The Bertz CT molecular complexity index is 993. The van der Waals surface area contributed by atoms with Crippen molar-refractivity contribution in [3.8, 4) is 5.69 Å². The SMILES string of the molecule is CCNC(=NCc1ccc(-n2ccnc2C)c(F)c1)NCC(O)c1ccc(Cl)s1.I. The lowest BCUT2D eigenvalue weighted by Gasteiger charge is -2.14. The van der Waals surface area contributed by atoms with Crippen molar-refractivity contribution in [1.29, 1.82) is 0 Å². The Morgan fingerprint density at radius 3 is 2.73 bits per heavy atom. The molecule has 3 rings (SSSR count). The third-order valence-corrected chi connectivity index (χ3v) is 5.58. The fraction of sp³-hybridized carbons (Fsp3) is 0.300. The number of aryl methyl sites for hydroxylation is 1. The van der Waals surface area contributed by atoms with E-state index in [2.05, 4.69) is 20.6 Å². The minimum absolute atomic E-state index is 0. The van der Waals surface area contributed by atoms with Crippen LogP contribution in [0.1, 0.15) is 29.3 Å². The van der Waals surface area contributed by atoms with E-state index in [1.165, 1.54) is 17.4 Å². The molecule has 0 aliphatic heterocycles. The molecule has 1 unspecified atom stereocenters. The summed E-state index contributed by atoms with van der Waals surface area (Å²) in [6.07, 6.45) is 2.68. The Balaban J connectivity index is 0.00000320. The van der Waals surface area contributed by atoms with Crippen LogP contribution in [0.4, 0.5) is 4.39 Å². The summed E-state index contributed by atoms with van der Waals surface area (Å²) in [5.41, 5.74) is 1.20. The van der Waals surface area contributed by atoms with Gasteiger partial charge in [0, 0.05) is 30.4 Å². The first kappa shape index (κ1) is 24.6. The number of aliphatic imine (C=N–C) groups is 1. The number of rotatable bonds is 7. The van der Waals surface area contributed by atoms with Crippen LogP contribution < -0.4 is 10.6 Å². The predicted octanol–water partition coefficient (Wildman–Crippen LogP) is 4.44. The molecule has 1 aromatic carbocycles. The van der Waals surface area contributed by atoms with Crippen molar-refractivity contribution in [2.75, 3.05) is 13.1 Å². The summed E-state index contributed by atoms with van der Waals surface area (Å²) in [7, 11) is 0. The maximum Gasteiger partial charge on any atom is 0.191 e. The topological polar surface area (TPSA) is 74.5 Å². The Morgan fingerprint density at radius 1 is 1.33 bits per heavy atom. The maximum atomic E-state index is 14.5. The van der Waals surface area contributed by atoms with E-state index in [0.717, 1.165) is 16.3 Å². The third-order valence-electron chi connectivity index (χ3n) is 4.25. The molecule has 0 aliphatic rings. The number of benzene rings is 1. The van der Waals surface area contributed by atoms with Crippen LogP contribution in [-0.2, 0) is 6.54 Å². The highest BCUT2D eigenvalue weighted by atomic mass is 127. The molecule has 0 bridgehead atoms. The van der Waals surface area contributed by atoms with Crippen molar-refractivity contribution < 1.29 is 9.50 Å². The number of hydrogen-bond donors (Lipinski definition) is 3. The Kier molecular flexibility index (Phi) is 9.53.